The van der Waals surface area contributed by atoms with Crippen molar-refractivity contribution in [3.63, 3.8) is 0 Å². The highest BCUT2D eigenvalue weighted by atomic mass is 28.3. The molecule has 2 aliphatic carbocycles. The third-order valence-corrected chi connectivity index (χ3v) is 12.1. The van der Waals surface area contributed by atoms with Gasteiger partial charge in [-0.1, -0.05) is 91.5 Å². The van der Waals surface area contributed by atoms with Gasteiger partial charge in [-0.2, -0.15) is 4.58 Å². The highest BCUT2D eigenvalue weighted by Gasteiger charge is 2.47. The van der Waals surface area contributed by atoms with Crippen molar-refractivity contribution in [3.8, 4) is 11.1 Å². The van der Waals surface area contributed by atoms with Gasteiger partial charge in [0.15, 0.2) is 5.70 Å². The van der Waals surface area contributed by atoms with Gasteiger partial charge < -0.3 is 0 Å². The first kappa shape index (κ1) is 22.0. The van der Waals surface area contributed by atoms with Crippen LogP contribution < -0.4 is 0 Å². The summed E-state index contributed by atoms with van der Waals surface area (Å²) in [5.41, 5.74) is 14.3. The molecule has 0 saturated carbocycles. The van der Waals surface area contributed by atoms with Crippen LogP contribution in [0.3, 0.4) is 0 Å². The first-order chi connectivity index (χ1) is 16.9. The zero-order valence-electron chi connectivity index (χ0n) is 21.3. The van der Waals surface area contributed by atoms with Crippen LogP contribution in [0.2, 0.25) is 13.1 Å². The lowest BCUT2D eigenvalue weighted by atomic mass is 9.97. The minimum atomic E-state index is -1.93. The zero-order chi connectivity index (χ0) is 24.3. The molecule has 1 atom stereocenters. The van der Waals surface area contributed by atoms with Gasteiger partial charge in [-0.05, 0) is 46.9 Å². The number of para-hydroxylation sites is 1. The van der Waals surface area contributed by atoms with Crippen molar-refractivity contribution in [1.29, 1.82) is 0 Å². The van der Waals surface area contributed by atoms with E-state index >= 15 is 0 Å². The molecular formula is C33H32NSi+. The van der Waals surface area contributed by atoms with Crippen molar-refractivity contribution in [1.82, 2.24) is 0 Å². The summed E-state index contributed by atoms with van der Waals surface area (Å²) in [5.74, 6) is 0. The molecule has 1 aliphatic heterocycles. The summed E-state index contributed by atoms with van der Waals surface area (Å²) < 4.78 is 2.43. The summed E-state index contributed by atoms with van der Waals surface area (Å²) in [7, 11) is -1.93. The van der Waals surface area contributed by atoms with E-state index < -0.39 is 8.07 Å². The highest BCUT2D eigenvalue weighted by Crippen LogP contribution is 2.50. The maximum Gasteiger partial charge on any atom is 0.219 e. The lowest BCUT2D eigenvalue weighted by molar-refractivity contribution is -0.377. The second-order valence-corrected chi connectivity index (χ2v) is 15.2. The van der Waals surface area contributed by atoms with Crippen LogP contribution in [0.1, 0.15) is 37.4 Å². The average molecular weight is 471 g/mol. The Balaban J connectivity index is 1.50. The van der Waals surface area contributed by atoms with Gasteiger partial charge in [0.1, 0.15) is 0 Å². The largest absolute Gasteiger partial charge is 0.219 e. The molecule has 0 fully saturated rings. The summed E-state index contributed by atoms with van der Waals surface area (Å²) >= 11 is 0. The molecule has 0 amide bonds. The van der Waals surface area contributed by atoms with E-state index in [0.29, 0.717) is 5.54 Å². The second kappa shape index (κ2) is 8.03. The van der Waals surface area contributed by atoms with Crippen LogP contribution in [-0.4, -0.2) is 18.4 Å². The molecule has 1 unspecified atom stereocenters. The summed E-state index contributed by atoms with van der Waals surface area (Å²) in [6, 6.07) is 28.5. The third kappa shape index (κ3) is 3.31. The van der Waals surface area contributed by atoms with Crippen molar-refractivity contribution in [2.24, 2.45) is 0 Å². The van der Waals surface area contributed by atoms with Gasteiger partial charge in [-0.25, -0.2) is 0 Å². The van der Waals surface area contributed by atoms with E-state index in [0.717, 1.165) is 0 Å². The SMILES string of the molecule is CC1=CC2=[N+](c3ccccc3)C(C)=CC2=C1[Si](C)(C)C1C(C)=Cc2c(-c3ccccc3)cccc21. The molecule has 0 radical (unpaired) electrons. The van der Waals surface area contributed by atoms with Crippen molar-refractivity contribution < 1.29 is 4.58 Å². The molecule has 0 N–H and O–H groups in total. The predicted octanol–water partition coefficient (Wildman–Crippen LogP) is 8.60. The summed E-state index contributed by atoms with van der Waals surface area (Å²) in [6.45, 7) is 12.1. The molecule has 3 aromatic carbocycles. The zero-order valence-corrected chi connectivity index (χ0v) is 22.3. The van der Waals surface area contributed by atoms with Crippen LogP contribution in [0.5, 0.6) is 0 Å². The Morgan fingerprint density at radius 3 is 2.11 bits per heavy atom. The summed E-state index contributed by atoms with van der Waals surface area (Å²) in [6.07, 6.45) is 7.32. The number of hydrogen-bond donors (Lipinski definition) is 0. The van der Waals surface area contributed by atoms with E-state index in [2.05, 4.69) is 136 Å². The van der Waals surface area contributed by atoms with Gasteiger partial charge in [0, 0.05) is 36.7 Å². The number of allylic oxidation sites excluding steroid dienone is 7. The molecule has 0 bridgehead atoms. The standard InChI is InChI=1S/C33H32NSi/c1-22-19-29-27(25-13-8-6-9-14-25)17-12-18-28(29)32(22)35(4,5)33-23(2)20-31-30(33)21-24(3)34(31)26-15-10-7-11-16-26/h6-21,32H,1-5H3/q+1. The quantitative estimate of drug-likeness (QED) is 0.265. The Morgan fingerprint density at radius 2 is 1.40 bits per heavy atom. The fourth-order valence-electron chi connectivity index (χ4n) is 6.79. The molecule has 6 rings (SSSR count). The molecule has 1 heterocycles. The van der Waals surface area contributed by atoms with Crippen LogP contribution in [0, 0.1) is 0 Å². The minimum Gasteiger partial charge on any atom is -0.158 e. The van der Waals surface area contributed by atoms with E-state index in [9.17, 15) is 0 Å². The average Bonchev–Trinajstić information content (AvgIpc) is 3.46. The Morgan fingerprint density at radius 1 is 0.714 bits per heavy atom. The number of nitrogens with zero attached hydrogens (tertiary/aromatic N) is 1. The van der Waals surface area contributed by atoms with Crippen LogP contribution in [-0.2, 0) is 0 Å². The number of benzene rings is 3. The smallest absolute Gasteiger partial charge is 0.158 e. The highest BCUT2D eigenvalue weighted by molar-refractivity contribution is 6.88. The van der Waals surface area contributed by atoms with Crippen LogP contribution in [0.25, 0.3) is 17.2 Å². The van der Waals surface area contributed by atoms with Gasteiger partial charge >= 0.3 is 0 Å². The van der Waals surface area contributed by atoms with Crippen molar-refractivity contribution in [2.45, 2.75) is 39.4 Å². The van der Waals surface area contributed by atoms with E-state index in [1.807, 2.05) is 0 Å². The molecular weight excluding hydrogens is 438 g/mol. The van der Waals surface area contributed by atoms with Gasteiger partial charge in [-0.3, -0.25) is 0 Å². The number of hydrogen-bond acceptors (Lipinski definition) is 0. The number of rotatable bonds is 4. The summed E-state index contributed by atoms with van der Waals surface area (Å²) in [5, 5.41) is 1.61. The van der Waals surface area contributed by atoms with E-state index in [1.54, 1.807) is 5.20 Å². The maximum absolute atomic E-state index is 2.58. The van der Waals surface area contributed by atoms with Gasteiger partial charge in [0.05, 0.1) is 13.6 Å². The molecule has 3 aromatic rings. The molecule has 35 heavy (non-hydrogen) atoms. The first-order valence-electron chi connectivity index (χ1n) is 12.6. The molecule has 0 spiro atoms. The second-order valence-electron chi connectivity index (χ2n) is 10.7. The molecule has 0 saturated heterocycles. The Bertz CT molecular complexity index is 1510. The fourth-order valence-corrected chi connectivity index (χ4v) is 11.3. The Labute approximate surface area is 210 Å². The van der Waals surface area contributed by atoms with Crippen LogP contribution >= 0.6 is 0 Å². The Hall–Kier alpha value is -3.49. The maximum atomic E-state index is 2.58. The van der Waals surface area contributed by atoms with Crippen molar-refractivity contribution in [2.75, 3.05) is 0 Å². The predicted molar refractivity (Wildman–Crippen MR) is 152 cm³/mol. The lowest BCUT2D eigenvalue weighted by Gasteiger charge is -2.34. The lowest BCUT2D eigenvalue weighted by Crippen LogP contribution is -2.38. The minimum absolute atomic E-state index is 0.478. The first-order valence-corrected chi connectivity index (χ1v) is 15.7. The molecule has 1 nitrogen and oxygen atoms in total. The monoisotopic (exact) mass is 470 g/mol. The van der Waals surface area contributed by atoms with Gasteiger partial charge in [0.2, 0.25) is 11.4 Å². The molecule has 172 valence electrons. The van der Waals surface area contributed by atoms with Gasteiger partial charge in [-0.15, -0.1) is 0 Å². The number of fused-ring (bicyclic) bond motifs is 2. The van der Waals surface area contributed by atoms with Crippen LogP contribution in [0.4, 0.5) is 5.69 Å². The van der Waals surface area contributed by atoms with Gasteiger partial charge in [0.25, 0.3) is 0 Å². The van der Waals surface area contributed by atoms with Crippen molar-refractivity contribution >= 4 is 25.5 Å². The summed E-state index contributed by atoms with van der Waals surface area (Å²) in [4.78, 5) is 0. The molecule has 2 heteroatoms. The topological polar surface area (TPSA) is 3.01 Å². The molecule has 0 aromatic heterocycles. The normalized spacial score (nSPS) is 19.0. The third-order valence-electron chi connectivity index (χ3n) is 7.98. The van der Waals surface area contributed by atoms with E-state index in [1.165, 1.54) is 56.1 Å². The van der Waals surface area contributed by atoms with E-state index in [-0.39, 0.29) is 0 Å². The Kier molecular flexibility index (Phi) is 5.05. The van der Waals surface area contributed by atoms with E-state index in [4.69, 9.17) is 0 Å². The molecule has 3 aliphatic rings. The fraction of sp³-hybridized carbons (Fsp3) is 0.182. The van der Waals surface area contributed by atoms with Crippen LogP contribution in [0.15, 0.2) is 119 Å². The van der Waals surface area contributed by atoms with Crippen molar-refractivity contribution in [3.05, 3.63) is 130 Å².